The van der Waals surface area contributed by atoms with Gasteiger partial charge in [-0.2, -0.15) is 0 Å². The van der Waals surface area contributed by atoms with Gasteiger partial charge in [-0.15, -0.1) is 11.3 Å². The van der Waals surface area contributed by atoms with Crippen LogP contribution in [0.1, 0.15) is 23.8 Å². The molecule has 2 aromatic rings. The van der Waals surface area contributed by atoms with Gasteiger partial charge in [-0.25, -0.2) is 4.98 Å². The van der Waals surface area contributed by atoms with Gasteiger partial charge < -0.3 is 10.2 Å². The Bertz CT molecular complexity index is 741. The predicted octanol–water partition coefficient (Wildman–Crippen LogP) is 3.01. The summed E-state index contributed by atoms with van der Waals surface area (Å²) in [6, 6.07) is 7.86. The van der Waals surface area contributed by atoms with E-state index in [2.05, 4.69) is 17.2 Å². The molecule has 6 heteroatoms. The zero-order valence-corrected chi connectivity index (χ0v) is 14.0. The molecular formula is C17H19N3O2S. The van der Waals surface area contributed by atoms with E-state index in [0.29, 0.717) is 11.7 Å². The zero-order chi connectivity index (χ0) is 16.4. The maximum Gasteiger partial charge on any atom is 0.231 e. The summed E-state index contributed by atoms with van der Waals surface area (Å²) in [5.41, 5.74) is 2.04. The molecule has 1 aromatic carbocycles. The highest BCUT2D eigenvalue weighted by Crippen LogP contribution is 2.29. The molecular weight excluding hydrogens is 310 g/mol. The monoisotopic (exact) mass is 329 g/mol. The van der Waals surface area contributed by atoms with Crippen LogP contribution >= 0.6 is 11.3 Å². The molecule has 1 fully saturated rings. The number of hydrogen-bond donors (Lipinski definition) is 1. The number of hydrogen-bond acceptors (Lipinski definition) is 4. The number of amides is 2. The van der Waals surface area contributed by atoms with Gasteiger partial charge in [-0.05, 0) is 25.0 Å². The average molecular weight is 329 g/mol. The fourth-order valence-corrected chi connectivity index (χ4v) is 3.48. The second-order valence-corrected chi connectivity index (χ2v) is 6.89. The number of anilines is 2. The third-order valence-corrected chi connectivity index (χ3v) is 4.84. The molecule has 0 radical (unpaired) electrons. The van der Waals surface area contributed by atoms with Gasteiger partial charge in [0, 0.05) is 29.7 Å². The van der Waals surface area contributed by atoms with Gasteiger partial charge >= 0.3 is 0 Å². The number of aromatic nitrogens is 1. The maximum absolute atomic E-state index is 12.4. The number of benzene rings is 1. The van der Waals surface area contributed by atoms with Crippen LogP contribution in [0, 0.1) is 12.8 Å². The second-order valence-electron chi connectivity index (χ2n) is 5.65. The molecule has 0 unspecified atom stereocenters. The first-order chi connectivity index (χ1) is 11.1. The van der Waals surface area contributed by atoms with Crippen molar-refractivity contribution in [3.05, 3.63) is 40.9 Å². The molecule has 120 valence electrons. The maximum atomic E-state index is 12.4. The Labute approximate surface area is 139 Å². The lowest BCUT2D eigenvalue weighted by atomic mass is 10.1. The van der Waals surface area contributed by atoms with Crippen molar-refractivity contribution in [1.82, 2.24) is 4.98 Å². The number of rotatable bonds is 4. The van der Waals surface area contributed by atoms with Crippen LogP contribution in [0.2, 0.25) is 0 Å². The molecule has 1 aliphatic heterocycles. The molecule has 1 saturated heterocycles. The van der Waals surface area contributed by atoms with Crippen LogP contribution in [0.25, 0.3) is 0 Å². The molecule has 1 N–H and O–H groups in total. The van der Waals surface area contributed by atoms with E-state index in [4.69, 9.17) is 0 Å². The Hall–Kier alpha value is -2.21. The average Bonchev–Trinajstić information content (AvgIpc) is 3.13. The van der Waals surface area contributed by atoms with Crippen molar-refractivity contribution in [2.75, 3.05) is 16.8 Å². The van der Waals surface area contributed by atoms with Crippen LogP contribution < -0.4 is 10.2 Å². The van der Waals surface area contributed by atoms with Gasteiger partial charge in [0.15, 0.2) is 5.13 Å². The zero-order valence-electron chi connectivity index (χ0n) is 13.2. The number of carbonyl (C=O) groups excluding carboxylic acids is 2. The van der Waals surface area contributed by atoms with Crippen molar-refractivity contribution in [3.63, 3.8) is 0 Å². The topological polar surface area (TPSA) is 62.3 Å². The fourth-order valence-electron chi connectivity index (χ4n) is 2.81. The first-order valence-electron chi connectivity index (χ1n) is 7.70. The third kappa shape index (κ3) is 3.27. The predicted molar refractivity (Wildman–Crippen MR) is 91.8 cm³/mol. The van der Waals surface area contributed by atoms with E-state index < -0.39 is 0 Å². The van der Waals surface area contributed by atoms with Gasteiger partial charge in [-0.1, -0.05) is 25.1 Å². The van der Waals surface area contributed by atoms with Crippen LogP contribution in [0.4, 0.5) is 10.8 Å². The summed E-state index contributed by atoms with van der Waals surface area (Å²) in [5, 5.41) is 3.41. The minimum Gasteiger partial charge on any atom is -0.311 e. The molecule has 0 spiro atoms. The molecule has 2 heterocycles. The van der Waals surface area contributed by atoms with Crippen LogP contribution in [0.15, 0.2) is 30.5 Å². The van der Waals surface area contributed by atoms with Gasteiger partial charge in [-0.3, -0.25) is 9.59 Å². The van der Waals surface area contributed by atoms with Gasteiger partial charge in [0.2, 0.25) is 11.8 Å². The van der Waals surface area contributed by atoms with Crippen molar-refractivity contribution in [3.8, 4) is 0 Å². The van der Waals surface area contributed by atoms with Gasteiger partial charge in [0.25, 0.3) is 0 Å². The second kappa shape index (κ2) is 6.50. The SMILES string of the molecule is CCc1ccccc1N1C[C@H](C(=O)Nc2ncc(C)s2)CC1=O. The van der Waals surface area contributed by atoms with Gasteiger partial charge in [0.1, 0.15) is 0 Å². The normalized spacial score (nSPS) is 17.6. The number of nitrogens with zero attached hydrogens (tertiary/aromatic N) is 2. The standard InChI is InChI=1S/C17H19N3O2S/c1-3-12-6-4-5-7-14(12)20-10-13(8-15(20)21)16(22)19-17-18-9-11(2)23-17/h4-7,9,13H,3,8,10H2,1-2H3,(H,18,19,22)/t13-/m1/s1. The molecule has 0 saturated carbocycles. The van der Waals surface area contributed by atoms with Crippen LogP contribution in [0.5, 0.6) is 0 Å². The van der Waals surface area contributed by atoms with Crippen molar-refractivity contribution >= 4 is 34.0 Å². The molecule has 0 bridgehead atoms. The van der Waals surface area contributed by atoms with E-state index >= 15 is 0 Å². The van der Waals surface area contributed by atoms with E-state index in [1.807, 2.05) is 31.2 Å². The number of para-hydroxylation sites is 1. The Morgan fingerprint density at radius 2 is 2.22 bits per heavy atom. The molecule has 1 aromatic heterocycles. The molecule has 3 rings (SSSR count). The quantitative estimate of drug-likeness (QED) is 0.938. The summed E-state index contributed by atoms with van der Waals surface area (Å²) in [6.45, 7) is 4.43. The molecule has 5 nitrogen and oxygen atoms in total. The van der Waals surface area contributed by atoms with E-state index in [0.717, 1.165) is 22.5 Å². The van der Waals surface area contributed by atoms with Crippen molar-refractivity contribution in [1.29, 1.82) is 0 Å². The largest absolute Gasteiger partial charge is 0.311 e. The number of nitrogens with one attached hydrogen (secondary N) is 1. The Kier molecular flexibility index (Phi) is 4.43. The van der Waals surface area contributed by atoms with Gasteiger partial charge in [0.05, 0.1) is 5.92 Å². The van der Waals surface area contributed by atoms with Crippen LogP contribution in [0.3, 0.4) is 0 Å². The highest BCUT2D eigenvalue weighted by atomic mass is 32.1. The Morgan fingerprint density at radius 1 is 1.43 bits per heavy atom. The fraction of sp³-hybridized carbons (Fsp3) is 0.353. The lowest BCUT2D eigenvalue weighted by Crippen LogP contribution is -2.28. The van der Waals surface area contributed by atoms with Crippen molar-refractivity contribution < 1.29 is 9.59 Å². The van der Waals surface area contributed by atoms with E-state index in [-0.39, 0.29) is 24.2 Å². The highest BCUT2D eigenvalue weighted by Gasteiger charge is 2.36. The summed E-state index contributed by atoms with van der Waals surface area (Å²) < 4.78 is 0. The lowest BCUT2D eigenvalue weighted by molar-refractivity contribution is -0.122. The van der Waals surface area contributed by atoms with Crippen LogP contribution in [-0.4, -0.2) is 23.3 Å². The summed E-state index contributed by atoms with van der Waals surface area (Å²) >= 11 is 1.44. The highest BCUT2D eigenvalue weighted by molar-refractivity contribution is 7.15. The Morgan fingerprint density at radius 3 is 2.91 bits per heavy atom. The third-order valence-electron chi connectivity index (χ3n) is 4.01. The first-order valence-corrected chi connectivity index (χ1v) is 8.51. The smallest absolute Gasteiger partial charge is 0.231 e. The minimum absolute atomic E-state index is 0.00127. The van der Waals surface area contributed by atoms with Crippen molar-refractivity contribution in [2.24, 2.45) is 5.92 Å². The molecule has 0 aliphatic carbocycles. The summed E-state index contributed by atoms with van der Waals surface area (Å²) in [5.74, 6) is -0.470. The number of thiazole rings is 1. The van der Waals surface area contributed by atoms with Crippen molar-refractivity contribution in [2.45, 2.75) is 26.7 Å². The minimum atomic E-state index is -0.336. The molecule has 23 heavy (non-hydrogen) atoms. The molecule has 1 aliphatic rings. The molecule has 2 amide bonds. The van der Waals surface area contributed by atoms with E-state index in [1.165, 1.54) is 11.3 Å². The van der Waals surface area contributed by atoms with E-state index in [9.17, 15) is 9.59 Å². The number of carbonyl (C=O) groups is 2. The summed E-state index contributed by atoms with van der Waals surface area (Å²) in [6.07, 6.45) is 2.83. The number of aryl methyl sites for hydroxylation is 2. The summed E-state index contributed by atoms with van der Waals surface area (Å²) in [4.78, 5) is 31.6. The first kappa shape index (κ1) is 15.7. The van der Waals surface area contributed by atoms with E-state index in [1.54, 1.807) is 11.1 Å². The Balaban J connectivity index is 1.73. The lowest BCUT2D eigenvalue weighted by Gasteiger charge is -2.19. The molecule has 1 atom stereocenters. The van der Waals surface area contributed by atoms with Crippen LogP contribution in [-0.2, 0) is 16.0 Å². The summed E-state index contributed by atoms with van der Waals surface area (Å²) in [7, 11) is 0.